The van der Waals surface area contributed by atoms with Gasteiger partial charge < -0.3 is 0 Å². The Labute approximate surface area is 257 Å². The summed E-state index contributed by atoms with van der Waals surface area (Å²) in [5.41, 5.74) is 27.5. The van der Waals surface area contributed by atoms with Crippen LogP contribution in [-0.2, 0) is 0 Å². The van der Waals surface area contributed by atoms with Crippen molar-refractivity contribution in [1.29, 1.82) is 0 Å². The fourth-order valence-corrected chi connectivity index (χ4v) is 6.58. The van der Waals surface area contributed by atoms with Crippen LogP contribution in [0.5, 0.6) is 0 Å². The average molecular weight is 594 g/mol. The van der Waals surface area contributed by atoms with Crippen molar-refractivity contribution in [1.82, 2.24) is 59.8 Å². The second kappa shape index (κ2) is 25.6. The maximum atomic E-state index is 3.41. The van der Waals surface area contributed by atoms with Crippen LogP contribution in [0.25, 0.3) is 0 Å². The highest BCUT2D eigenvalue weighted by molar-refractivity contribution is 4.87. The first-order valence-electron chi connectivity index (χ1n) is 17.9. The maximum absolute atomic E-state index is 3.41. The molecule has 3 atom stereocenters. The molecule has 2 saturated heterocycles. The van der Waals surface area contributed by atoms with Gasteiger partial charge in [0.05, 0.1) is 0 Å². The molecule has 3 aliphatic heterocycles. The summed E-state index contributed by atoms with van der Waals surface area (Å²) < 4.78 is 0. The molecule has 11 nitrogen and oxygen atoms in total. The minimum Gasteiger partial charge on any atom is -0.240 e. The zero-order chi connectivity index (χ0) is 29.2. The smallest absolute Gasteiger partial charge is 0.0426 e. The third kappa shape index (κ3) is 18.2. The van der Waals surface area contributed by atoms with Crippen molar-refractivity contribution >= 4 is 0 Å². The van der Waals surface area contributed by atoms with Crippen molar-refractivity contribution in [2.75, 3.05) is 19.6 Å². The van der Waals surface area contributed by atoms with Gasteiger partial charge in [0.25, 0.3) is 0 Å². The van der Waals surface area contributed by atoms with E-state index in [0.29, 0.717) is 12.0 Å². The molecule has 3 aliphatic rings. The fraction of sp³-hybridized carbons (Fsp3) is 0.935. The fourth-order valence-electron chi connectivity index (χ4n) is 6.58. The molecule has 0 aromatic carbocycles. The maximum Gasteiger partial charge on any atom is 0.0426 e. The number of fused-ring (bicyclic) bond motifs is 3. The van der Waals surface area contributed by atoms with Crippen LogP contribution in [0.3, 0.4) is 0 Å². The Hall–Kier alpha value is -0.700. The number of allylic oxidation sites excluding steroid dienone is 1. The first-order chi connectivity index (χ1) is 20.9. The van der Waals surface area contributed by atoms with Crippen LogP contribution >= 0.6 is 0 Å². The Morgan fingerprint density at radius 2 is 0.976 bits per heavy atom. The standard InChI is InChI=1S/C31H67N11/c1-2-4-6-8-10-12-14-16-19-23-30-24-20-18-22-28-41(29-30)39-37-35-33-34-36-38-40-42-31(26-27-32-42)25-21-17-15-13-11-9-7-5-3-1/h18,20,30-40H,1-17,19,21-29H2. The summed E-state index contributed by atoms with van der Waals surface area (Å²) >= 11 is 0. The van der Waals surface area contributed by atoms with Crippen molar-refractivity contribution in [3.8, 4) is 0 Å². The van der Waals surface area contributed by atoms with Gasteiger partial charge in [0, 0.05) is 25.7 Å². The van der Waals surface area contributed by atoms with Crippen LogP contribution in [0.15, 0.2) is 12.2 Å². The van der Waals surface area contributed by atoms with Gasteiger partial charge in [0.2, 0.25) is 0 Å². The van der Waals surface area contributed by atoms with Crippen LogP contribution in [-0.4, -0.2) is 35.8 Å². The van der Waals surface area contributed by atoms with E-state index in [1.54, 1.807) is 0 Å². The molecule has 2 fully saturated rings. The van der Waals surface area contributed by atoms with E-state index in [-0.39, 0.29) is 0 Å². The Bertz CT molecular complexity index is 638. The van der Waals surface area contributed by atoms with Crippen LogP contribution in [0.2, 0.25) is 0 Å². The second-order valence-corrected chi connectivity index (χ2v) is 12.8. The summed E-state index contributed by atoms with van der Waals surface area (Å²) in [6, 6.07) is 0.510. The predicted molar refractivity (Wildman–Crippen MR) is 174 cm³/mol. The monoisotopic (exact) mass is 594 g/mol. The Morgan fingerprint density at radius 3 is 1.57 bits per heavy atom. The van der Waals surface area contributed by atoms with Gasteiger partial charge >= 0.3 is 0 Å². The minimum absolute atomic E-state index is 0.510. The van der Waals surface area contributed by atoms with Crippen LogP contribution in [0, 0.1) is 5.92 Å². The lowest BCUT2D eigenvalue weighted by Crippen LogP contribution is -2.67. The molecule has 246 valence electrons. The largest absolute Gasteiger partial charge is 0.240 e. The molecule has 0 aliphatic carbocycles. The highest BCUT2D eigenvalue weighted by atomic mass is 16.0. The second-order valence-electron chi connectivity index (χ2n) is 12.8. The van der Waals surface area contributed by atoms with Gasteiger partial charge in [-0.05, 0) is 38.0 Å². The molecule has 3 rings (SSSR count). The lowest BCUT2D eigenvalue weighted by molar-refractivity contribution is 0.0526. The molecule has 0 radical (unpaired) electrons. The van der Waals surface area contributed by atoms with Crippen molar-refractivity contribution in [2.45, 2.75) is 160 Å². The molecule has 0 aromatic heterocycles. The normalized spacial score (nSPS) is 30.3. The van der Waals surface area contributed by atoms with Crippen LogP contribution < -0.4 is 49.7 Å². The van der Waals surface area contributed by atoms with Crippen molar-refractivity contribution in [3.63, 3.8) is 0 Å². The van der Waals surface area contributed by atoms with Crippen molar-refractivity contribution in [2.24, 2.45) is 5.92 Å². The molecule has 2 bridgehead atoms. The molecule has 9 N–H and O–H groups in total. The molecule has 3 unspecified atom stereocenters. The number of nitrogens with zero attached hydrogens (tertiary/aromatic N) is 2. The molecule has 42 heavy (non-hydrogen) atoms. The van der Waals surface area contributed by atoms with E-state index >= 15 is 0 Å². The number of nitrogens with one attached hydrogen (secondary N) is 9. The molecule has 0 amide bonds. The van der Waals surface area contributed by atoms with Gasteiger partial charge in [-0.3, -0.25) is 0 Å². The summed E-state index contributed by atoms with van der Waals surface area (Å²) in [4.78, 5) is 0. The predicted octanol–water partition coefficient (Wildman–Crippen LogP) is 4.99. The molecule has 0 aromatic rings. The summed E-state index contributed by atoms with van der Waals surface area (Å²) in [6.07, 6.45) is 37.6. The lowest BCUT2D eigenvalue weighted by Gasteiger charge is -2.29. The van der Waals surface area contributed by atoms with E-state index < -0.39 is 0 Å². The van der Waals surface area contributed by atoms with E-state index in [9.17, 15) is 0 Å². The average Bonchev–Trinajstić information content (AvgIpc) is 3.43. The SMILES string of the molecule is C1=CCC2CCCCCCCCCCCCCCCCCCCCCC3CCNN3NNNNNNNNN(CC1)C2. The quantitative estimate of drug-likeness (QED) is 0.177. The van der Waals surface area contributed by atoms with Gasteiger partial charge in [-0.25, -0.2) is 10.4 Å². The highest BCUT2D eigenvalue weighted by Gasteiger charge is 2.23. The number of hydrogen-bond donors (Lipinski definition) is 9. The van der Waals surface area contributed by atoms with E-state index in [4.69, 9.17) is 0 Å². The number of rotatable bonds is 0. The van der Waals surface area contributed by atoms with Gasteiger partial charge in [-0.2, -0.15) is 49.4 Å². The topological polar surface area (TPSA) is 115 Å². The van der Waals surface area contributed by atoms with Gasteiger partial charge in [-0.1, -0.05) is 134 Å². The molecule has 0 saturated carbocycles. The van der Waals surface area contributed by atoms with Gasteiger partial charge in [0.1, 0.15) is 0 Å². The summed E-state index contributed by atoms with van der Waals surface area (Å²) in [5.74, 6) is 0.699. The van der Waals surface area contributed by atoms with Crippen molar-refractivity contribution in [3.05, 3.63) is 12.2 Å². The van der Waals surface area contributed by atoms with E-state index in [0.717, 1.165) is 26.1 Å². The van der Waals surface area contributed by atoms with Crippen molar-refractivity contribution < 1.29 is 0 Å². The van der Waals surface area contributed by atoms with Gasteiger partial charge in [-0.15, -0.1) is 0 Å². The Balaban J connectivity index is 1.31. The Kier molecular flexibility index (Phi) is 21.8. The molecular weight excluding hydrogens is 526 g/mol. The first-order valence-corrected chi connectivity index (χ1v) is 17.9. The van der Waals surface area contributed by atoms with Crippen LogP contribution in [0.4, 0.5) is 0 Å². The zero-order valence-electron chi connectivity index (χ0n) is 26.8. The number of hydrazine groups is 10. The number of hydrogen-bond acceptors (Lipinski definition) is 11. The van der Waals surface area contributed by atoms with E-state index in [1.807, 2.05) is 0 Å². The Morgan fingerprint density at radius 1 is 0.476 bits per heavy atom. The van der Waals surface area contributed by atoms with Gasteiger partial charge in [0.15, 0.2) is 0 Å². The van der Waals surface area contributed by atoms with Crippen LogP contribution in [0.1, 0.15) is 154 Å². The first kappa shape index (κ1) is 35.8. The third-order valence-corrected chi connectivity index (χ3v) is 9.16. The highest BCUT2D eigenvalue weighted by Crippen LogP contribution is 2.20. The van der Waals surface area contributed by atoms with E-state index in [2.05, 4.69) is 72.0 Å². The summed E-state index contributed by atoms with van der Waals surface area (Å²) in [6.45, 7) is 3.05. The molecular formula is C31H67N11. The zero-order valence-corrected chi connectivity index (χ0v) is 26.8. The molecule has 0 spiro atoms. The lowest BCUT2D eigenvalue weighted by atomic mass is 9.95. The van der Waals surface area contributed by atoms with E-state index in [1.165, 1.54) is 148 Å². The summed E-state index contributed by atoms with van der Waals surface area (Å²) in [7, 11) is 0. The minimum atomic E-state index is 0.510. The molecule has 11 heteroatoms. The summed E-state index contributed by atoms with van der Waals surface area (Å²) in [5, 5.41) is 4.36. The molecule has 3 heterocycles. The third-order valence-electron chi connectivity index (χ3n) is 9.16.